The van der Waals surface area contributed by atoms with E-state index in [1.807, 2.05) is 0 Å². The van der Waals surface area contributed by atoms with Crippen LogP contribution in [-0.2, 0) is 6.54 Å². The second-order valence-electron chi connectivity index (χ2n) is 11.5. The molecule has 1 aliphatic rings. The van der Waals surface area contributed by atoms with Crippen molar-refractivity contribution in [2.75, 3.05) is 4.90 Å². The van der Waals surface area contributed by atoms with Gasteiger partial charge in [-0.15, -0.1) is 0 Å². The third kappa shape index (κ3) is 4.89. The Bertz CT molecular complexity index is 1710. The monoisotopic (exact) mass is 521 g/mol. The lowest BCUT2D eigenvalue weighted by atomic mass is 9.85. The number of rotatable bonds is 6. The molecule has 40 heavy (non-hydrogen) atoms. The number of benzene rings is 4. The zero-order valence-corrected chi connectivity index (χ0v) is 24.8. The highest BCUT2D eigenvalue weighted by atomic mass is 15.1. The minimum absolute atomic E-state index is 0.718. The van der Waals surface area contributed by atoms with Crippen LogP contribution in [0.1, 0.15) is 75.0 Å². The van der Waals surface area contributed by atoms with Gasteiger partial charge in [0, 0.05) is 29.0 Å². The SMILES string of the molecule is C=C(C)c1cc(CN2c3ccc(C)cc3C(=C)c3cc(C)c(C(=C)c4cc(C)ccc4C)cc32)cc(C(=C)C)c1. The maximum absolute atomic E-state index is 4.59. The number of aryl methyl sites for hydroxylation is 4. The lowest BCUT2D eigenvalue weighted by Gasteiger charge is -2.36. The lowest BCUT2D eigenvalue weighted by Crippen LogP contribution is -2.23. The molecule has 0 radical (unpaired) electrons. The quantitative estimate of drug-likeness (QED) is 0.244. The van der Waals surface area contributed by atoms with Crippen molar-refractivity contribution in [2.24, 2.45) is 0 Å². The van der Waals surface area contributed by atoms with Gasteiger partial charge in [-0.3, -0.25) is 0 Å². The van der Waals surface area contributed by atoms with Crippen molar-refractivity contribution < 1.29 is 0 Å². The highest BCUT2D eigenvalue weighted by Gasteiger charge is 2.27. The Kier molecular flexibility index (Phi) is 7.02. The van der Waals surface area contributed by atoms with Gasteiger partial charge in [-0.1, -0.05) is 72.9 Å². The highest BCUT2D eigenvalue weighted by molar-refractivity contribution is 5.99. The smallest absolute Gasteiger partial charge is 0.0500 e. The molecule has 0 aromatic heterocycles. The Morgan fingerprint density at radius 1 is 0.625 bits per heavy atom. The molecule has 1 nitrogen and oxygen atoms in total. The van der Waals surface area contributed by atoms with Gasteiger partial charge in [0.2, 0.25) is 0 Å². The molecule has 4 aromatic carbocycles. The summed E-state index contributed by atoms with van der Waals surface area (Å²) < 4.78 is 0. The molecule has 1 heterocycles. The zero-order chi connectivity index (χ0) is 28.9. The first-order chi connectivity index (χ1) is 18.9. The third-order valence-electron chi connectivity index (χ3n) is 8.09. The first kappa shape index (κ1) is 27.2. The molecule has 0 fully saturated rings. The number of fused-ring (bicyclic) bond motifs is 2. The summed E-state index contributed by atoms with van der Waals surface area (Å²) in [4.78, 5) is 2.44. The molecule has 4 aromatic rings. The van der Waals surface area contributed by atoms with E-state index < -0.39 is 0 Å². The van der Waals surface area contributed by atoms with E-state index >= 15 is 0 Å². The molecule has 0 unspecified atom stereocenters. The van der Waals surface area contributed by atoms with Crippen LogP contribution in [0.2, 0.25) is 0 Å². The number of anilines is 2. The van der Waals surface area contributed by atoms with Crippen molar-refractivity contribution in [2.45, 2.75) is 48.1 Å². The molecule has 5 rings (SSSR count). The van der Waals surface area contributed by atoms with E-state index in [2.05, 4.69) is 139 Å². The molecule has 0 N–H and O–H groups in total. The summed E-state index contributed by atoms with van der Waals surface area (Å²) in [7, 11) is 0. The third-order valence-corrected chi connectivity index (χ3v) is 8.09. The van der Waals surface area contributed by atoms with Gasteiger partial charge >= 0.3 is 0 Å². The minimum Gasteiger partial charge on any atom is -0.336 e. The Balaban J connectivity index is 1.71. The molecule has 0 spiro atoms. The summed E-state index contributed by atoms with van der Waals surface area (Å²) in [5.74, 6) is 0. The number of hydrogen-bond acceptors (Lipinski definition) is 1. The summed E-state index contributed by atoms with van der Waals surface area (Å²) in [5, 5.41) is 0. The van der Waals surface area contributed by atoms with Gasteiger partial charge in [0.15, 0.2) is 0 Å². The molecule has 200 valence electrons. The van der Waals surface area contributed by atoms with E-state index in [1.54, 1.807) is 0 Å². The van der Waals surface area contributed by atoms with E-state index in [4.69, 9.17) is 0 Å². The summed E-state index contributed by atoms with van der Waals surface area (Å²) in [6.45, 7) is 31.1. The second-order valence-corrected chi connectivity index (χ2v) is 11.5. The van der Waals surface area contributed by atoms with Crippen molar-refractivity contribution in [1.29, 1.82) is 0 Å². The van der Waals surface area contributed by atoms with Gasteiger partial charge in [0.05, 0.1) is 0 Å². The second kappa shape index (κ2) is 10.3. The van der Waals surface area contributed by atoms with Gasteiger partial charge in [0.25, 0.3) is 0 Å². The highest BCUT2D eigenvalue weighted by Crippen LogP contribution is 2.47. The van der Waals surface area contributed by atoms with Crippen molar-refractivity contribution in [3.05, 3.63) is 154 Å². The van der Waals surface area contributed by atoms with Crippen molar-refractivity contribution >= 4 is 33.7 Å². The summed E-state index contributed by atoms with van der Waals surface area (Å²) in [5.41, 5.74) is 19.7. The zero-order valence-electron chi connectivity index (χ0n) is 24.8. The standard InChI is InChI=1S/C39H39N/c1-23(2)32-18-31(19-33(20-32)24(3)4)22-40-38-14-12-26(6)16-36(38)30(10)37-17-28(8)35(21-39(37)40)29(9)34-15-25(5)11-13-27(34)7/h11-21H,1,3,9-10,22H2,2,4-8H3. The van der Waals surface area contributed by atoms with Crippen LogP contribution in [-0.4, -0.2) is 0 Å². The fourth-order valence-electron chi connectivity index (χ4n) is 5.72. The van der Waals surface area contributed by atoms with Gasteiger partial charge in [0.1, 0.15) is 0 Å². The van der Waals surface area contributed by atoms with Crippen LogP contribution in [0.25, 0.3) is 22.3 Å². The van der Waals surface area contributed by atoms with Crippen LogP contribution in [0.15, 0.2) is 93.0 Å². The lowest BCUT2D eigenvalue weighted by molar-refractivity contribution is 0.959. The Labute approximate surface area is 240 Å². The Hall–Kier alpha value is -4.36. The molecule has 0 saturated carbocycles. The summed E-state index contributed by atoms with van der Waals surface area (Å²) >= 11 is 0. The van der Waals surface area contributed by atoms with Gasteiger partial charge in [-0.25, -0.2) is 0 Å². The average Bonchev–Trinajstić information content (AvgIpc) is 2.91. The minimum atomic E-state index is 0.718. The predicted molar refractivity (Wildman–Crippen MR) is 176 cm³/mol. The molecule has 0 bridgehead atoms. The molecule has 0 saturated heterocycles. The first-order valence-electron chi connectivity index (χ1n) is 13.9. The molecule has 0 atom stereocenters. The van der Waals surface area contributed by atoms with Crippen LogP contribution < -0.4 is 4.90 Å². The Morgan fingerprint density at radius 2 is 1.20 bits per heavy atom. The molecule has 1 aliphatic heterocycles. The van der Waals surface area contributed by atoms with Crippen LogP contribution in [0.4, 0.5) is 11.4 Å². The van der Waals surface area contributed by atoms with E-state index in [9.17, 15) is 0 Å². The van der Waals surface area contributed by atoms with Crippen LogP contribution in [0.3, 0.4) is 0 Å². The summed E-state index contributed by atoms with van der Waals surface area (Å²) in [6.07, 6.45) is 0. The van der Waals surface area contributed by atoms with E-state index in [1.165, 1.54) is 55.8 Å². The maximum atomic E-state index is 4.59. The van der Waals surface area contributed by atoms with E-state index in [-0.39, 0.29) is 0 Å². The van der Waals surface area contributed by atoms with Crippen molar-refractivity contribution in [3.63, 3.8) is 0 Å². The van der Waals surface area contributed by atoms with Crippen LogP contribution in [0, 0.1) is 27.7 Å². The van der Waals surface area contributed by atoms with Crippen LogP contribution in [0.5, 0.6) is 0 Å². The largest absolute Gasteiger partial charge is 0.336 e. The number of nitrogens with zero attached hydrogens (tertiary/aromatic N) is 1. The fraction of sp³-hybridized carbons (Fsp3) is 0.179. The molecular formula is C39H39N. The topological polar surface area (TPSA) is 3.24 Å². The molecular weight excluding hydrogens is 482 g/mol. The predicted octanol–water partition coefficient (Wildman–Crippen LogP) is 10.8. The number of hydrogen-bond donors (Lipinski definition) is 0. The Morgan fingerprint density at radius 3 is 1.85 bits per heavy atom. The van der Waals surface area contributed by atoms with Crippen LogP contribution >= 0.6 is 0 Å². The normalized spacial score (nSPS) is 12.2. The van der Waals surface area contributed by atoms with Gasteiger partial charge in [-0.05, 0) is 134 Å². The van der Waals surface area contributed by atoms with Crippen molar-refractivity contribution in [3.8, 4) is 0 Å². The number of allylic oxidation sites excluding steroid dienone is 2. The van der Waals surface area contributed by atoms with E-state index in [0.29, 0.717) is 0 Å². The van der Waals surface area contributed by atoms with Gasteiger partial charge in [-0.2, -0.15) is 0 Å². The first-order valence-corrected chi connectivity index (χ1v) is 13.9. The molecule has 1 heteroatoms. The van der Waals surface area contributed by atoms with Crippen molar-refractivity contribution in [1.82, 2.24) is 0 Å². The van der Waals surface area contributed by atoms with Gasteiger partial charge < -0.3 is 4.90 Å². The summed E-state index contributed by atoms with van der Waals surface area (Å²) in [6, 6.07) is 24.6. The fourth-order valence-corrected chi connectivity index (χ4v) is 5.72. The average molecular weight is 522 g/mol. The molecule has 0 aliphatic carbocycles. The maximum Gasteiger partial charge on any atom is 0.0500 e. The van der Waals surface area contributed by atoms with E-state index in [0.717, 1.165) is 45.7 Å². The molecule has 0 amide bonds.